The second-order valence-electron chi connectivity index (χ2n) is 4.61. The normalized spacial score (nSPS) is 22.6. The molecule has 3 nitrogen and oxygen atoms in total. The monoisotopic (exact) mass is 265 g/mol. The molecule has 0 saturated carbocycles. The van der Waals surface area contributed by atoms with Crippen LogP contribution < -0.4 is 5.32 Å². The maximum Gasteiger partial charge on any atom is 0.153 e. The zero-order valence-corrected chi connectivity index (χ0v) is 11.9. The smallest absolute Gasteiger partial charge is 0.153 e. The lowest BCUT2D eigenvalue weighted by molar-refractivity contribution is 0.576. The molecule has 1 aliphatic rings. The molecule has 1 heterocycles. The average molecular weight is 265 g/mol. The second-order valence-corrected chi connectivity index (χ2v) is 8.69. The highest BCUT2D eigenvalue weighted by Crippen LogP contribution is 2.24. The van der Waals surface area contributed by atoms with Gasteiger partial charge in [0.25, 0.3) is 0 Å². The summed E-state index contributed by atoms with van der Waals surface area (Å²) in [7, 11) is -2.87. The van der Waals surface area contributed by atoms with Gasteiger partial charge in [-0.05, 0) is 32.4 Å². The molecule has 1 unspecified atom stereocenters. The molecule has 0 spiro atoms. The van der Waals surface area contributed by atoms with E-state index in [9.17, 15) is 8.42 Å². The molecule has 0 aliphatic carbocycles. The standard InChI is InChI=1S/C11H23NO2S2/c1-10(2)16(13,14)8-6-12-9-11-5-3-4-7-15-11/h10-12H,3-9H2,1-2H3. The summed E-state index contributed by atoms with van der Waals surface area (Å²) in [5.41, 5.74) is 0. The molecule has 0 aromatic rings. The van der Waals surface area contributed by atoms with Crippen molar-refractivity contribution >= 4 is 21.6 Å². The number of nitrogens with one attached hydrogen (secondary N) is 1. The molecule has 1 saturated heterocycles. The first-order valence-electron chi connectivity index (χ1n) is 6.06. The lowest BCUT2D eigenvalue weighted by Gasteiger charge is -2.21. The Balaban J connectivity index is 2.11. The first-order chi connectivity index (χ1) is 7.52. The molecule has 5 heteroatoms. The zero-order chi connectivity index (χ0) is 12.0. The van der Waals surface area contributed by atoms with Gasteiger partial charge in [-0.1, -0.05) is 6.42 Å². The van der Waals surface area contributed by atoms with Crippen LogP contribution in [0.25, 0.3) is 0 Å². The number of sulfone groups is 1. The molecule has 1 rings (SSSR count). The van der Waals surface area contributed by atoms with Crippen LogP contribution in [0, 0.1) is 0 Å². The van der Waals surface area contributed by atoms with E-state index in [0.29, 0.717) is 11.8 Å². The van der Waals surface area contributed by atoms with Crippen LogP contribution in [-0.4, -0.2) is 43.5 Å². The molecule has 0 aromatic heterocycles. The molecular formula is C11H23NO2S2. The molecule has 1 N–H and O–H groups in total. The molecular weight excluding hydrogens is 242 g/mol. The summed E-state index contributed by atoms with van der Waals surface area (Å²) in [6.07, 6.45) is 3.93. The van der Waals surface area contributed by atoms with E-state index in [-0.39, 0.29) is 11.0 Å². The van der Waals surface area contributed by atoms with E-state index in [1.165, 1.54) is 25.0 Å². The summed E-state index contributed by atoms with van der Waals surface area (Å²) >= 11 is 2.02. The van der Waals surface area contributed by atoms with Crippen molar-refractivity contribution in [2.45, 2.75) is 43.6 Å². The largest absolute Gasteiger partial charge is 0.315 e. The molecule has 96 valence electrons. The fourth-order valence-corrected chi connectivity index (χ4v) is 3.85. The van der Waals surface area contributed by atoms with Crippen molar-refractivity contribution in [1.82, 2.24) is 5.32 Å². The van der Waals surface area contributed by atoms with Crippen LogP contribution in [0.5, 0.6) is 0 Å². The van der Waals surface area contributed by atoms with Crippen molar-refractivity contribution in [3.8, 4) is 0 Å². The molecule has 0 amide bonds. The van der Waals surface area contributed by atoms with E-state index in [4.69, 9.17) is 0 Å². The minimum absolute atomic E-state index is 0.252. The van der Waals surface area contributed by atoms with Crippen molar-refractivity contribution < 1.29 is 8.42 Å². The van der Waals surface area contributed by atoms with Gasteiger partial charge in [-0.3, -0.25) is 0 Å². The Kier molecular flexibility index (Phi) is 6.15. The average Bonchev–Trinajstić information content (AvgIpc) is 2.26. The van der Waals surface area contributed by atoms with E-state index < -0.39 is 9.84 Å². The van der Waals surface area contributed by atoms with Crippen molar-refractivity contribution in [2.24, 2.45) is 0 Å². The topological polar surface area (TPSA) is 46.2 Å². The Morgan fingerprint density at radius 1 is 1.38 bits per heavy atom. The van der Waals surface area contributed by atoms with Gasteiger partial charge in [-0.25, -0.2) is 8.42 Å². The highest BCUT2D eigenvalue weighted by Gasteiger charge is 2.16. The first kappa shape index (κ1) is 14.3. The minimum atomic E-state index is -2.87. The number of rotatable bonds is 6. The summed E-state index contributed by atoms with van der Waals surface area (Å²) in [6.45, 7) is 5.04. The van der Waals surface area contributed by atoms with E-state index in [1.54, 1.807) is 13.8 Å². The zero-order valence-electron chi connectivity index (χ0n) is 10.2. The molecule has 0 aromatic carbocycles. The van der Waals surface area contributed by atoms with Crippen molar-refractivity contribution in [1.29, 1.82) is 0 Å². The van der Waals surface area contributed by atoms with Crippen LogP contribution in [0.1, 0.15) is 33.1 Å². The predicted molar refractivity (Wildman–Crippen MR) is 71.9 cm³/mol. The Labute approximate surface area is 104 Å². The van der Waals surface area contributed by atoms with E-state index in [2.05, 4.69) is 5.32 Å². The fourth-order valence-electron chi connectivity index (χ4n) is 1.68. The van der Waals surface area contributed by atoms with E-state index in [0.717, 1.165) is 6.54 Å². The lowest BCUT2D eigenvalue weighted by atomic mass is 10.2. The van der Waals surface area contributed by atoms with Gasteiger partial charge in [0.05, 0.1) is 11.0 Å². The Morgan fingerprint density at radius 2 is 2.12 bits per heavy atom. The maximum atomic E-state index is 11.5. The molecule has 16 heavy (non-hydrogen) atoms. The third-order valence-electron chi connectivity index (χ3n) is 2.93. The van der Waals surface area contributed by atoms with Crippen LogP contribution in [0.3, 0.4) is 0 Å². The van der Waals surface area contributed by atoms with E-state index in [1.807, 2.05) is 11.8 Å². The van der Waals surface area contributed by atoms with Crippen LogP contribution in [-0.2, 0) is 9.84 Å². The molecule has 1 aliphatic heterocycles. The van der Waals surface area contributed by atoms with Crippen molar-refractivity contribution in [3.05, 3.63) is 0 Å². The summed E-state index contributed by atoms with van der Waals surface area (Å²) in [6, 6.07) is 0. The maximum absolute atomic E-state index is 11.5. The fraction of sp³-hybridized carbons (Fsp3) is 1.00. The SMILES string of the molecule is CC(C)S(=O)(=O)CCNCC1CCCCS1. The highest BCUT2D eigenvalue weighted by molar-refractivity contribution is 7.99. The molecule has 0 bridgehead atoms. The van der Waals surface area contributed by atoms with Gasteiger partial charge in [0, 0.05) is 18.3 Å². The minimum Gasteiger partial charge on any atom is -0.315 e. The summed E-state index contributed by atoms with van der Waals surface area (Å²) < 4.78 is 23.1. The van der Waals surface area contributed by atoms with Crippen LogP contribution in [0.4, 0.5) is 0 Å². The van der Waals surface area contributed by atoms with Crippen LogP contribution >= 0.6 is 11.8 Å². The van der Waals surface area contributed by atoms with Crippen molar-refractivity contribution in [2.75, 3.05) is 24.6 Å². The van der Waals surface area contributed by atoms with Gasteiger partial charge in [0.15, 0.2) is 9.84 Å². The van der Waals surface area contributed by atoms with Crippen LogP contribution in [0.2, 0.25) is 0 Å². The molecule has 1 fully saturated rings. The number of thioether (sulfide) groups is 1. The third-order valence-corrected chi connectivity index (χ3v) is 6.54. The van der Waals surface area contributed by atoms with Gasteiger partial charge in [0.2, 0.25) is 0 Å². The van der Waals surface area contributed by atoms with Gasteiger partial charge < -0.3 is 5.32 Å². The van der Waals surface area contributed by atoms with E-state index >= 15 is 0 Å². The second kappa shape index (κ2) is 6.87. The predicted octanol–water partition coefficient (Wildman–Crippen LogP) is 1.68. The third kappa shape index (κ3) is 5.06. The summed E-state index contributed by atoms with van der Waals surface area (Å²) in [5, 5.41) is 3.70. The molecule has 1 atom stereocenters. The summed E-state index contributed by atoms with van der Waals surface area (Å²) in [4.78, 5) is 0. The van der Waals surface area contributed by atoms with Crippen molar-refractivity contribution in [3.63, 3.8) is 0 Å². The first-order valence-corrected chi connectivity index (χ1v) is 8.82. The van der Waals surface area contributed by atoms with Gasteiger partial charge >= 0.3 is 0 Å². The van der Waals surface area contributed by atoms with Gasteiger partial charge in [-0.15, -0.1) is 0 Å². The number of hydrogen-bond acceptors (Lipinski definition) is 4. The quantitative estimate of drug-likeness (QED) is 0.742. The van der Waals surface area contributed by atoms with Crippen LogP contribution in [0.15, 0.2) is 0 Å². The summed E-state index contributed by atoms with van der Waals surface area (Å²) in [5.74, 6) is 1.53. The Bertz CT molecular complexity index is 282. The van der Waals surface area contributed by atoms with Gasteiger partial charge in [-0.2, -0.15) is 11.8 Å². The highest BCUT2D eigenvalue weighted by atomic mass is 32.2. The van der Waals surface area contributed by atoms with Gasteiger partial charge in [0.1, 0.15) is 0 Å². The molecule has 0 radical (unpaired) electrons. The Hall–Kier alpha value is 0.260. The lowest BCUT2D eigenvalue weighted by Crippen LogP contribution is -2.32. The number of hydrogen-bond donors (Lipinski definition) is 1. The Morgan fingerprint density at radius 3 is 2.69 bits per heavy atom.